The van der Waals surface area contributed by atoms with Gasteiger partial charge in [-0.05, 0) is 18.6 Å². The van der Waals surface area contributed by atoms with E-state index in [1.807, 2.05) is 6.07 Å². The smallest absolute Gasteiger partial charge is 0.260 e. The van der Waals surface area contributed by atoms with Crippen LogP contribution in [0.15, 0.2) is 36.5 Å². The third kappa shape index (κ3) is 5.19. The van der Waals surface area contributed by atoms with Crippen LogP contribution in [0.2, 0.25) is 0 Å². The summed E-state index contributed by atoms with van der Waals surface area (Å²) in [5.41, 5.74) is 5.69. The second kappa shape index (κ2) is 8.04. The molecule has 0 aliphatic heterocycles. The number of rotatable bonds is 7. The number of nitrogens with zero attached hydrogens (tertiary/aromatic N) is 1. The molecule has 0 fully saturated rings. The van der Waals surface area contributed by atoms with Crippen LogP contribution in [0.5, 0.6) is 0 Å². The van der Waals surface area contributed by atoms with Gasteiger partial charge in [-0.2, -0.15) is 0 Å². The van der Waals surface area contributed by atoms with Crippen LogP contribution in [0.4, 0.5) is 5.13 Å². The van der Waals surface area contributed by atoms with Crippen LogP contribution in [-0.2, 0) is 4.79 Å². The van der Waals surface area contributed by atoms with Crippen molar-refractivity contribution in [3.8, 4) is 0 Å². The fourth-order valence-corrected chi connectivity index (χ4v) is 2.45. The highest BCUT2D eigenvalue weighted by Gasteiger charge is 2.10. The van der Waals surface area contributed by atoms with Crippen LogP contribution in [0, 0.1) is 0 Å². The molecule has 0 aliphatic carbocycles. The standard InChI is InChI=1S/C15H16N4O3S/c16-13(21)11-9-18-15(23-11)19-12(20)7-4-8-17-14(22)10-5-2-1-3-6-10/h1-3,5-6,9H,4,7-8H2,(H2,16,21)(H,17,22)(H,18,19,20). The molecular weight excluding hydrogens is 316 g/mol. The zero-order valence-corrected chi connectivity index (χ0v) is 13.1. The topological polar surface area (TPSA) is 114 Å². The molecule has 3 amide bonds. The molecule has 0 bridgehead atoms. The van der Waals surface area contributed by atoms with E-state index < -0.39 is 5.91 Å². The minimum Gasteiger partial charge on any atom is -0.365 e. The number of carbonyl (C=O) groups excluding carboxylic acids is 3. The number of benzene rings is 1. The molecule has 23 heavy (non-hydrogen) atoms. The van der Waals surface area contributed by atoms with Crippen molar-refractivity contribution in [1.82, 2.24) is 10.3 Å². The van der Waals surface area contributed by atoms with Crippen LogP contribution >= 0.6 is 11.3 Å². The molecule has 7 nitrogen and oxygen atoms in total. The Morgan fingerprint density at radius 3 is 2.57 bits per heavy atom. The molecule has 0 aliphatic rings. The molecule has 1 aromatic carbocycles. The van der Waals surface area contributed by atoms with Gasteiger partial charge in [0.2, 0.25) is 5.91 Å². The van der Waals surface area contributed by atoms with Gasteiger partial charge in [0.05, 0.1) is 6.20 Å². The molecule has 2 rings (SSSR count). The van der Waals surface area contributed by atoms with Gasteiger partial charge in [0.1, 0.15) is 4.88 Å². The van der Waals surface area contributed by atoms with Gasteiger partial charge in [0, 0.05) is 18.5 Å². The lowest BCUT2D eigenvalue weighted by Gasteiger charge is -2.05. The zero-order valence-electron chi connectivity index (χ0n) is 12.2. The molecule has 1 heterocycles. The highest BCUT2D eigenvalue weighted by Crippen LogP contribution is 2.17. The number of carbonyl (C=O) groups is 3. The maximum atomic E-state index is 11.8. The van der Waals surface area contributed by atoms with Crippen LogP contribution in [0.1, 0.15) is 32.9 Å². The van der Waals surface area contributed by atoms with Gasteiger partial charge < -0.3 is 16.4 Å². The van der Waals surface area contributed by atoms with Crippen molar-refractivity contribution in [3.63, 3.8) is 0 Å². The van der Waals surface area contributed by atoms with E-state index in [2.05, 4.69) is 15.6 Å². The lowest BCUT2D eigenvalue weighted by atomic mass is 10.2. The largest absolute Gasteiger partial charge is 0.365 e. The Labute approximate surface area is 136 Å². The lowest BCUT2D eigenvalue weighted by molar-refractivity contribution is -0.116. The van der Waals surface area contributed by atoms with E-state index in [0.717, 1.165) is 11.3 Å². The molecule has 0 spiro atoms. The molecule has 2 aromatic rings. The molecule has 0 radical (unpaired) electrons. The highest BCUT2D eigenvalue weighted by atomic mass is 32.1. The number of nitrogens with one attached hydrogen (secondary N) is 2. The van der Waals surface area contributed by atoms with Crippen molar-refractivity contribution in [1.29, 1.82) is 0 Å². The van der Waals surface area contributed by atoms with Gasteiger partial charge in [-0.15, -0.1) is 0 Å². The monoisotopic (exact) mass is 332 g/mol. The van der Waals surface area contributed by atoms with Crippen molar-refractivity contribution in [2.75, 3.05) is 11.9 Å². The first-order valence-electron chi connectivity index (χ1n) is 6.95. The van der Waals surface area contributed by atoms with Crippen LogP contribution in [0.3, 0.4) is 0 Å². The Kier molecular flexibility index (Phi) is 5.81. The Bertz CT molecular complexity index is 700. The van der Waals surface area contributed by atoms with Gasteiger partial charge in [-0.3, -0.25) is 14.4 Å². The summed E-state index contributed by atoms with van der Waals surface area (Å²) in [5.74, 6) is -0.979. The van der Waals surface area contributed by atoms with Gasteiger partial charge in [0.15, 0.2) is 5.13 Å². The summed E-state index contributed by atoms with van der Waals surface area (Å²) in [6.45, 7) is 0.394. The van der Waals surface area contributed by atoms with Crippen molar-refractivity contribution in [3.05, 3.63) is 47.0 Å². The molecule has 0 atom stereocenters. The second-order valence-corrected chi connectivity index (χ2v) is 5.70. The third-order valence-electron chi connectivity index (χ3n) is 2.90. The summed E-state index contributed by atoms with van der Waals surface area (Å²) < 4.78 is 0. The average Bonchev–Trinajstić information content (AvgIpc) is 3.01. The first-order valence-corrected chi connectivity index (χ1v) is 7.76. The molecule has 120 valence electrons. The number of aromatic nitrogens is 1. The number of amides is 3. The Morgan fingerprint density at radius 2 is 1.91 bits per heavy atom. The van der Waals surface area contributed by atoms with Gasteiger partial charge >= 0.3 is 0 Å². The van der Waals surface area contributed by atoms with Crippen molar-refractivity contribution >= 4 is 34.2 Å². The van der Waals surface area contributed by atoms with E-state index in [1.54, 1.807) is 24.3 Å². The van der Waals surface area contributed by atoms with Crippen LogP contribution in [0.25, 0.3) is 0 Å². The maximum Gasteiger partial charge on any atom is 0.260 e. The van der Waals surface area contributed by atoms with Gasteiger partial charge in [0.25, 0.3) is 11.8 Å². The predicted molar refractivity (Wildman–Crippen MR) is 87.3 cm³/mol. The Hall–Kier alpha value is -2.74. The average molecular weight is 332 g/mol. The SMILES string of the molecule is NC(=O)c1cnc(NC(=O)CCCNC(=O)c2ccccc2)s1. The second-order valence-electron chi connectivity index (χ2n) is 4.67. The molecule has 0 saturated heterocycles. The van der Waals surface area contributed by atoms with E-state index in [0.29, 0.717) is 23.7 Å². The zero-order chi connectivity index (χ0) is 16.7. The Balaban J connectivity index is 1.68. The predicted octanol–water partition coefficient (Wildman–Crippen LogP) is 1.39. The Morgan fingerprint density at radius 1 is 1.17 bits per heavy atom. The van der Waals surface area contributed by atoms with Gasteiger partial charge in [-0.25, -0.2) is 4.98 Å². The minimum atomic E-state index is -0.577. The summed E-state index contributed by atoms with van der Waals surface area (Å²) in [6.07, 6.45) is 2.06. The molecular formula is C15H16N4O3S. The van der Waals surface area contributed by atoms with E-state index >= 15 is 0 Å². The maximum absolute atomic E-state index is 11.8. The first kappa shape index (κ1) is 16.6. The number of anilines is 1. The molecule has 0 unspecified atom stereocenters. The number of nitrogens with two attached hydrogens (primary N) is 1. The lowest BCUT2D eigenvalue weighted by Crippen LogP contribution is -2.25. The van der Waals surface area contributed by atoms with Crippen LogP contribution in [-0.4, -0.2) is 29.3 Å². The van der Waals surface area contributed by atoms with E-state index in [9.17, 15) is 14.4 Å². The number of hydrogen-bond donors (Lipinski definition) is 3. The number of primary amides is 1. The molecule has 8 heteroatoms. The van der Waals surface area contributed by atoms with E-state index in [-0.39, 0.29) is 23.1 Å². The van der Waals surface area contributed by atoms with Gasteiger partial charge in [-0.1, -0.05) is 29.5 Å². The van der Waals surface area contributed by atoms with E-state index in [1.165, 1.54) is 6.20 Å². The summed E-state index contributed by atoms with van der Waals surface area (Å²) >= 11 is 1.02. The number of hydrogen-bond acceptors (Lipinski definition) is 5. The third-order valence-corrected chi connectivity index (χ3v) is 3.82. The minimum absolute atomic E-state index is 0.169. The van der Waals surface area contributed by atoms with Crippen molar-refractivity contribution in [2.45, 2.75) is 12.8 Å². The summed E-state index contributed by atoms with van der Waals surface area (Å²) in [7, 11) is 0. The summed E-state index contributed by atoms with van der Waals surface area (Å²) in [4.78, 5) is 38.6. The highest BCUT2D eigenvalue weighted by molar-refractivity contribution is 7.17. The quantitative estimate of drug-likeness (QED) is 0.665. The van der Waals surface area contributed by atoms with Crippen molar-refractivity contribution in [2.24, 2.45) is 5.73 Å². The fourth-order valence-electron chi connectivity index (χ4n) is 1.77. The van der Waals surface area contributed by atoms with Crippen molar-refractivity contribution < 1.29 is 14.4 Å². The molecule has 4 N–H and O–H groups in total. The fraction of sp³-hybridized carbons (Fsp3) is 0.200. The molecule has 1 aromatic heterocycles. The normalized spacial score (nSPS) is 10.1. The van der Waals surface area contributed by atoms with E-state index in [4.69, 9.17) is 5.73 Å². The number of thiazole rings is 1. The summed E-state index contributed by atoms with van der Waals surface area (Å²) in [6, 6.07) is 8.86. The van der Waals surface area contributed by atoms with Crippen LogP contribution < -0.4 is 16.4 Å². The summed E-state index contributed by atoms with van der Waals surface area (Å²) in [5, 5.41) is 5.66. The molecule has 0 saturated carbocycles. The first-order chi connectivity index (χ1) is 11.1.